The van der Waals surface area contributed by atoms with Crippen LogP contribution in [0.1, 0.15) is 32.6 Å². The molecule has 94 valence electrons. The second-order valence-corrected chi connectivity index (χ2v) is 4.61. The van der Waals surface area contributed by atoms with Crippen molar-refractivity contribution < 1.29 is 9.90 Å². The van der Waals surface area contributed by atoms with E-state index in [1.165, 1.54) is 0 Å². The fourth-order valence-electron chi connectivity index (χ4n) is 2.15. The number of nitrogens with zero attached hydrogens (tertiary/aromatic N) is 1. The highest BCUT2D eigenvalue weighted by Gasteiger charge is 2.25. The summed E-state index contributed by atoms with van der Waals surface area (Å²) < 4.78 is 0. The molecule has 1 fully saturated rings. The third-order valence-corrected chi connectivity index (χ3v) is 3.28. The average molecular weight is 229 g/mol. The monoisotopic (exact) mass is 229 g/mol. The van der Waals surface area contributed by atoms with Gasteiger partial charge in [0.2, 0.25) is 5.91 Å². The third-order valence-electron chi connectivity index (χ3n) is 3.28. The number of hydrogen-bond donors (Lipinski definition) is 3. The van der Waals surface area contributed by atoms with Gasteiger partial charge in [0.05, 0.1) is 6.10 Å². The van der Waals surface area contributed by atoms with E-state index in [1.807, 2.05) is 6.92 Å². The molecule has 1 aliphatic rings. The number of rotatable bonds is 6. The summed E-state index contributed by atoms with van der Waals surface area (Å²) in [5.41, 5.74) is 2.13. The van der Waals surface area contributed by atoms with Gasteiger partial charge in [0, 0.05) is 13.0 Å². The Kier molecular flexibility index (Phi) is 5.73. The van der Waals surface area contributed by atoms with Crippen LogP contribution in [0.5, 0.6) is 0 Å². The number of carbonyl (C=O) groups excluding carboxylic acids is 1. The minimum atomic E-state index is -0.201. The first-order valence-corrected chi connectivity index (χ1v) is 6.03. The third kappa shape index (κ3) is 4.47. The maximum Gasteiger partial charge on any atom is 0.233 e. The summed E-state index contributed by atoms with van der Waals surface area (Å²) in [7, 11) is 0. The molecule has 0 spiro atoms. The number of carbonyl (C=O) groups is 1. The maximum absolute atomic E-state index is 10.9. The molecule has 1 amide bonds. The van der Waals surface area contributed by atoms with Crippen molar-refractivity contribution in [1.82, 2.24) is 10.3 Å². The molecular formula is C11H23N3O2. The second kappa shape index (κ2) is 6.83. The van der Waals surface area contributed by atoms with Gasteiger partial charge in [-0.1, -0.05) is 0 Å². The van der Waals surface area contributed by atoms with Crippen LogP contribution in [0, 0.1) is 5.92 Å². The summed E-state index contributed by atoms with van der Waals surface area (Å²) in [6.07, 6.45) is 3.28. The zero-order chi connectivity index (χ0) is 12.0. The number of likely N-dealkylation sites (tertiary alicyclic amines) is 1. The highest BCUT2D eigenvalue weighted by Crippen LogP contribution is 2.19. The van der Waals surface area contributed by atoms with Crippen LogP contribution in [0.25, 0.3) is 0 Å². The molecule has 4 N–H and O–H groups in total. The molecule has 1 aliphatic heterocycles. The smallest absolute Gasteiger partial charge is 0.233 e. The Morgan fingerprint density at radius 3 is 2.94 bits per heavy atom. The van der Waals surface area contributed by atoms with E-state index in [-0.39, 0.29) is 12.0 Å². The number of nitrogens with two attached hydrogens (primary N) is 1. The van der Waals surface area contributed by atoms with Gasteiger partial charge < -0.3 is 10.0 Å². The number of amides is 1. The molecule has 1 saturated heterocycles. The molecule has 16 heavy (non-hydrogen) atoms. The van der Waals surface area contributed by atoms with Gasteiger partial charge in [0.1, 0.15) is 0 Å². The van der Waals surface area contributed by atoms with Crippen LogP contribution in [0.2, 0.25) is 0 Å². The number of nitrogens with one attached hydrogen (secondary N) is 1. The van der Waals surface area contributed by atoms with Crippen LogP contribution in [-0.4, -0.2) is 41.7 Å². The van der Waals surface area contributed by atoms with Gasteiger partial charge in [-0.05, 0) is 45.2 Å². The van der Waals surface area contributed by atoms with Gasteiger partial charge in [0.25, 0.3) is 0 Å². The van der Waals surface area contributed by atoms with E-state index in [1.54, 1.807) is 0 Å². The van der Waals surface area contributed by atoms with E-state index in [2.05, 4.69) is 10.3 Å². The molecule has 5 nitrogen and oxygen atoms in total. The van der Waals surface area contributed by atoms with Crippen LogP contribution in [0.3, 0.4) is 0 Å². The minimum absolute atomic E-state index is 0.0942. The van der Waals surface area contributed by atoms with Crippen LogP contribution >= 0.6 is 0 Å². The van der Waals surface area contributed by atoms with E-state index in [0.29, 0.717) is 12.3 Å². The van der Waals surface area contributed by atoms with Gasteiger partial charge in [0.15, 0.2) is 0 Å². The van der Waals surface area contributed by atoms with Gasteiger partial charge in [-0.25, -0.2) is 5.84 Å². The first kappa shape index (κ1) is 13.4. The van der Waals surface area contributed by atoms with Crippen LogP contribution < -0.4 is 11.3 Å². The van der Waals surface area contributed by atoms with E-state index < -0.39 is 0 Å². The number of aliphatic hydroxyl groups excluding tert-OH is 1. The van der Waals surface area contributed by atoms with Crippen molar-refractivity contribution >= 4 is 5.91 Å². The lowest BCUT2D eigenvalue weighted by atomic mass is 10.0. The second-order valence-electron chi connectivity index (χ2n) is 4.61. The molecule has 0 aromatic carbocycles. The molecular weight excluding hydrogens is 206 g/mol. The first-order valence-electron chi connectivity index (χ1n) is 6.03. The number of hydrogen-bond acceptors (Lipinski definition) is 4. The first-order chi connectivity index (χ1) is 7.63. The van der Waals surface area contributed by atoms with Gasteiger partial charge in [-0.15, -0.1) is 0 Å². The maximum atomic E-state index is 10.9. The number of aliphatic hydroxyl groups is 1. The Morgan fingerprint density at radius 2 is 2.38 bits per heavy atom. The predicted octanol–water partition coefficient (Wildman–Crippen LogP) is -0.151. The normalized spacial score (nSPS) is 23.3. The fraction of sp³-hybridized carbons (Fsp3) is 0.909. The van der Waals surface area contributed by atoms with E-state index in [9.17, 15) is 9.90 Å². The SMILES string of the molecule is CC(O)C1CCN(CCCCC(=O)NN)C1. The van der Waals surface area contributed by atoms with Crippen molar-refractivity contribution in [3.63, 3.8) is 0 Å². The molecule has 1 heterocycles. The summed E-state index contributed by atoms with van der Waals surface area (Å²) in [6.45, 7) is 4.93. The van der Waals surface area contributed by atoms with Gasteiger partial charge >= 0.3 is 0 Å². The van der Waals surface area contributed by atoms with Crippen molar-refractivity contribution in [3.05, 3.63) is 0 Å². The van der Waals surface area contributed by atoms with Crippen molar-refractivity contribution in [2.75, 3.05) is 19.6 Å². The van der Waals surface area contributed by atoms with Crippen molar-refractivity contribution in [2.45, 2.75) is 38.7 Å². The Bertz CT molecular complexity index is 221. The van der Waals surface area contributed by atoms with Crippen LogP contribution in [0.4, 0.5) is 0 Å². The highest BCUT2D eigenvalue weighted by atomic mass is 16.3. The molecule has 0 saturated carbocycles. The molecule has 5 heteroatoms. The summed E-state index contributed by atoms with van der Waals surface area (Å²) in [5, 5.41) is 9.45. The lowest BCUT2D eigenvalue weighted by Gasteiger charge is -2.16. The fourth-order valence-corrected chi connectivity index (χ4v) is 2.15. The Labute approximate surface area is 97.0 Å². The van der Waals surface area contributed by atoms with Gasteiger partial charge in [-0.3, -0.25) is 10.2 Å². The molecule has 0 aromatic heterocycles. The van der Waals surface area contributed by atoms with E-state index in [4.69, 9.17) is 5.84 Å². The van der Waals surface area contributed by atoms with Crippen molar-refractivity contribution in [3.8, 4) is 0 Å². The number of unbranched alkanes of at least 4 members (excludes halogenated alkanes) is 1. The summed E-state index contributed by atoms with van der Waals surface area (Å²) in [5.74, 6) is 5.32. The van der Waals surface area contributed by atoms with Crippen LogP contribution in [0.15, 0.2) is 0 Å². The topological polar surface area (TPSA) is 78.6 Å². The molecule has 2 unspecified atom stereocenters. The predicted molar refractivity (Wildman–Crippen MR) is 62.4 cm³/mol. The molecule has 0 aromatic rings. The average Bonchev–Trinajstić information content (AvgIpc) is 2.72. The molecule has 2 atom stereocenters. The zero-order valence-corrected chi connectivity index (χ0v) is 9.98. The van der Waals surface area contributed by atoms with Crippen molar-refractivity contribution in [2.24, 2.45) is 11.8 Å². The minimum Gasteiger partial charge on any atom is -0.393 e. The van der Waals surface area contributed by atoms with E-state index >= 15 is 0 Å². The Hall–Kier alpha value is -0.650. The summed E-state index contributed by atoms with van der Waals surface area (Å²) in [4.78, 5) is 13.2. The standard InChI is InChI=1S/C11H23N3O2/c1-9(15)10-5-7-14(8-10)6-3-2-4-11(16)13-12/h9-10,15H,2-8,12H2,1H3,(H,13,16). The molecule has 0 aliphatic carbocycles. The van der Waals surface area contributed by atoms with Crippen LogP contribution in [-0.2, 0) is 4.79 Å². The Balaban J connectivity index is 2.05. The van der Waals surface area contributed by atoms with E-state index in [0.717, 1.165) is 38.9 Å². The largest absolute Gasteiger partial charge is 0.393 e. The van der Waals surface area contributed by atoms with Gasteiger partial charge in [-0.2, -0.15) is 0 Å². The lowest BCUT2D eigenvalue weighted by Crippen LogP contribution is -2.30. The molecule has 0 radical (unpaired) electrons. The zero-order valence-electron chi connectivity index (χ0n) is 9.98. The summed E-state index contributed by atoms with van der Waals surface area (Å²) in [6, 6.07) is 0. The molecule has 1 rings (SSSR count). The number of hydrazine groups is 1. The summed E-state index contributed by atoms with van der Waals surface area (Å²) >= 11 is 0. The van der Waals surface area contributed by atoms with Crippen molar-refractivity contribution in [1.29, 1.82) is 0 Å². The molecule has 0 bridgehead atoms. The Morgan fingerprint density at radius 1 is 1.62 bits per heavy atom. The highest BCUT2D eigenvalue weighted by molar-refractivity contribution is 5.75. The lowest BCUT2D eigenvalue weighted by molar-refractivity contribution is -0.121. The quantitative estimate of drug-likeness (QED) is 0.256.